The molecule has 3 aliphatic rings. The first kappa shape index (κ1) is 5.36. The highest BCUT2D eigenvalue weighted by Crippen LogP contribution is 2.52. The van der Waals surface area contributed by atoms with E-state index >= 15 is 0 Å². The van der Waals surface area contributed by atoms with Crippen molar-refractivity contribution in [2.45, 2.75) is 24.8 Å². The van der Waals surface area contributed by atoms with Gasteiger partial charge in [-0.3, -0.25) is 4.79 Å². The summed E-state index contributed by atoms with van der Waals surface area (Å²) in [6.07, 6.45) is 2.82. The molecule has 3 heteroatoms. The highest BCUT2D eigenvalue weighted by molar-refractivity contribution is 6.00. The SMILES string of the molecule is O=C1CC2(CC2)N2N=C=C=C12. The molecule has 0 N–H and O–H groups in total. The van der Waals surface area contributed by atoms with Gasteiger partial charge in [0, 0.05) is 6.42 Å². The molecule has 54 valence electrons. The van der Waals surface area contributed by atoms with Crippen LogP contribution in [0, 0.1) is 0 Å². The van der Waals surface area contributed by atoms with Crippen LogP contribution in [0.25, 0.3) is 0 Å². The second kappa shape index (κ2) is 1.33. The van der Waals surface area contributed by atoms with Crippen molar-refractivity contribution in [2.75, 3.05) is 0 Å². The molecule has 0 amide bonds. The number of hydrogen-bond donors (Lipinski definition) is 0. The molecule has 0 aromatic carbocycles. The number of rotatable bonds is 0. The van der Waals surface area contributed by atoms with Gasteiger partial charge < -0.3 is 0 Å². The molecule has 3 rings (SSSR count). The number of carbonyl (C=O) groups excluding carboxylic acids is 1. The van der Waals surface area contributed by atoms with Crippen LogP contribution < -0.4 is 0 Å². The van der Waals surface area contributed by atoms with E-state index in [1.807, 2.05) is 0 Å². The number of hydrogen-bond acceptors (Lipinski definition) is 3. The zero-order chi connectivity index (χ0) is 7.47. The molecule has 0 bridgehead atoms. The van der Waals surface area contributed by atoms with Gasteiger partial charge in [-0.2, -0.15) is 0 Å². The Labute approximate surface area is 63.7 Å². The van der Waals surface area contributed by atoms with Gasteiger partial charge in [0.1, 0.15) is 0 Å². The summed E-state index contributed by atoms with van der Waals surface area (Å²) in [7, 11) is 0. The van der Waals surface area contributed by atoms with Crippen LogP contribution in [0.3, 0.4) is 0 Å². The Morgan fingerprint density at radius 3 is 3.09 bits per heavy atom. The number of carbonyl (C=O) groups is 1. The second-order valence-electron chi connectivity index (χ2n) is 3.32. The van der Waals surface area contributed by atoms with Gasteiger partial charge in [0.15, 0.2) is 11.5 Å². The quantitative estimate of drug-likeness (QED) is 0.464. The normalized spacial score (nSPS) is 28.2. The van der Waals surface area contributed by atoms with Crippen LogP contribution in [-0.4, -0.2) is 22.2 Å². The molecular weight excluding hydrogens is 140 g/mol. The van der Waals surface area contributed by atoms with Crippen molar-refractivity contribution >= 4 is 11.7 Å². The van der Waals surface area contributed by atoms with Gasteiger partial charge in [-0.15, -0.1) is 5.10 Å². The van der Waals surface area contributed by atoms with Crippen LogP contribution in [0.5, 0.6) is 0 Å². The van der Waals surface area contributed by atoms with Gasteiger partial charge in [-0.25, -0.2) is 5.01 Å². The van der Waals surface area contributed by atoms with Crippen LogP contribution in [0.1, 0.15) is 19.3 Å². The molecule has 3 nitrogen and oxygen atoms in total. The topological polar surface area (TPSA) is 32.7 Å². The maximum atomic E-state index is 11.3. The molecule has 1 saturated heterocycles. The molecule has 1 aliphatic carbocycles. The minimum atomic E-state index is 0.0723. The average molecular weight is 146 g/mol. The van der Waals surface area contributed by atoms with Crippen molar-refractivity contribution in [1.29, 1.82) is 0 Å². The zero-order valence-corrected chi connectivity index (χ0v) is 5.92. The van der Waals surface area contributed by atoms with Crippen LogP contribution >= 0.6 is 0 Å². The lowest BCUT2D eigenvalue weighted by atomic mass is 10.2. The van der Waals surface area contributed by atoms with Crippen molar-refractivity contribution in [3.05, 3.63) is 11.4 Å². The third-order valence-electron chi connectivity index (χ3n) is 2.57. The number of allylic oxidation sites excluding steroid dienone is 1. The summed E-state index contributed by atoms with van der Waals surface area (Å²) in [5.74, 6) is 2.77. The van der Waals surface area contributed by atoms with E-state index in [4.69, 9.17) is 0 Å². The fourth-order valence-electron chi connectivity index (χ4n) is 1.75. The van der Waals surface area contributed by atoms with E-state index in [1.165, 1.54) is 0 Å². The minimum absolute atomic E-state index is 0.0723. The van der Waals surface area contributed by atoms with Gasteiger partial charge >= 0.3 is 0 Å². The molecule has 11 heavy (non-hydrogen) atoms. The van der Waals surface area contributed by atoms with Crippen LogP contribution in [-0.2, 0) is 4.79 Å². The smallest absolute Gasteiger partial charge is 0.191 e. The molecule has 1 spiro atoms. The lowest BCUT2D eigenvalue weighted by Gasteiger charge is -2.14. The van der Waals surface area contributed by atoms with Gasteiger partial charge in [-0.05, 0) is 18.6 Å². The Bertz CT molecular complexity index is 352. The molecule has 0 radical (unpaired) electrons. The number of fused-ring (bicyclic) bond motifs is 2. The lowest BCUT2D eigenvalue weighted by Crippen LogP contribution is -2.22. The third-order valence-corrected chi connectivity index (χ3v) is 2.57. The Morgan fingerprint density at radius 1 is 1.55 bits per heavy atom. The molecule has 2 fully saturated rings. The van der Waals surface area contributed by atoms with Gasteiger partial charge in [-0.1, -0.05) is 0 Å². The van der Waals surface area contributed by atoms with Crippen molar-refractivity contribution in [3.8, 4) is 0 Å². The highest BCUT2D eigenvalue weighted by Gasteiger charge is 2.57. The van der Waals surface area contributed by atoms with E-state index in [2.05, 4.69) is 16.7 Å². The Kier molecular flexibility index (Phi) is 0.648. The lowest BCUT2D eigenvalue weighted by molar-refractivity contribution is -0.114. The second-order valence-corrected chi connectivity index (χ2v) is 3.32. The highest BCUT2D eigenvalue weighted by atomic mass is 16.1. The van der Waals surface area contributed by atoms with Crippen molar-refractivity contribution < 1.29 is 4.79 Å². The summed E-state index contributed by atoms with van der Waals surface area (Å²) in [4.78, 5) is 11.3. The zero-order valence-electron chi connectivity index (χ0n) is 5.92. The van der Waals surface area contributed by atoms with Gasteiger partial charge in [0.25, 0.3) is 0 Å². The average Bonchev–Trinajstić information content (AvgIpc) is 2.52. The van der Waals surface area contributed by atoms with Crippen molar-refractivity contribution in [1.82, 2.24) is 5.01 Å². The maximum Gasteiger partial charge on any atom is 0.191 e. The van der Waals surface area contributed by atoms with E-state index in [1.54, 1.807) is 5.01 Å². The Morgan fingerprint density at radius 2 is 2.36 bits per heavy atom. The Balaban J connectivity index is 2.19. The largest absolute Gasteiger partial charge is 0.292 e. The van der Waals surface area contributed by atoms with Crippen molar-refractivity contribution in [2.24, 2.45) is 5.10 Å². The van der Waals surface area contributed by atoms with E-state index < -0.39 is 0 Å². The summed E-state index contributed by atoms with van der Waals surface area (Å²) in [6, 6.07) is 0. The minimum Gasteiger partial charge on any atom is -0.292 e. The number of nitrogens with zero attached hydrogens (tertiary/aromatic N) is 2. The third kappa shape index (κ3) is 0.474. The van der Waals surface area contributed by atoms with Crippen LogP contribution in [0.4, 0.5) is 0 Å². The molecule has 0 unspecified atom stereocenters. The van der Waals surface area contributed by atoms with Crippen LogP contribution in [0.2, 0.25) is 0 Å². The van der Waals surface area contributed by atoms with E-state index in [0.717, 1.165) is 12.8 Å². The van der Waals surface area contributed by atoms with Gasteiger partial charge in [0.05, 0.1) is 11.4 Å². The molecule has 0 aromatic rings. The molecule has 0 aromatic heterocycles. The first-order valence-electron chi connectivity index (χ1n) is 3.74. The molecule has 2 heterocycles. The first-order valence-corrected chi connectivity index (χ1v) is 3.74. The van der Waals surface area contributed by atoms with Crippen molar-refractivity contribution in [3.63, 3.8) is 0 Å². The fraction of sp³-hybridized carbons (Fsp3) is 0.500. The summed E-state index contributed by atoms with van der Waals surface area (Å²) >= 11 is 0. The standard InChI is InChI=1S/C8H6N2O/c11-7-5-8(2-3-8)10-6(7)1-4-9-10/h2-3,5H2. The summed E-state index contributed by atoms with van der Waals surface area (Å²) < 4.78 is 0. The first-order chi connectivity index (χ1) is 5.32. The van der Waals surface area contributed by atoms with E-state index in [0.29, 0.717) is 12.1 Å². The van der Waals surface area contributed by atoms with E-state index in [9.17, 15) is 4.79 Å². The van der Waals surface area contributed by atoms with Gasteiger partial charge in [0.2, 0.25) is 0 Å². The number of hydrazone groups is 1. The monoisotopic (exact) mass is 146 g/mol. The summed E-state index contributed by atoms with van der Waals surface area (Å²) in [5.41, 5.74) is 3.44. The molecule has 2 aliphatic heterocycles. The molecule has 1 saturated carbocycles. The Hall–Kier alpha value is -1.30. The molecule has 0 atom stereocenters. The number of Topliss-reactive ketones (excluding diaryl/α,β-unsaturated/α-hetero) is 1. The fourth-order valence-corrected chi connectivity index (χ4v) is 1.75. The summed E-state index contributed by atoms with van der Waals surface area (Å²) in [5, 5.41) is 5.78. The van der Waals surface area contributed by atoms with Crippen LogP contribution in [0.15, 0.2) is 16.5 Å². The number of ketones is 1. The predicted octanol–water partition coefficient (Wildman–Crippen LogP) is 0.431. The summed E-state index contributed by atoms with van der Waals surface area (Å²) in [6.45, 7) is 0. The molecular formula is C8H6N2O. The predicted molar refractivity (Wildman–Crippen MR) is 37.9 cm³/mol. The maximum absolute atomic E-state index is 11.3. The van der Waals surface area contributed by atoms with E-state index in [-0.39, 0.29) is 11.3 Å².